The Morgan fingerprint density at radius 2 is 2.00 bits per heavy atom. The summed E-state index contributed by atoms with van der Waals surface area (Å²) < 4.78 is 11.2. The van der Waals surface area contributed by atoms with Gasteiger partial charge in [-0.25, -0.2) is 0 Å². The number of ketones is 1. The van der Waals surface area contributed by atoms with Crippen molar-refractivity contribution in [3.05, 3.63) is 77.4 Å². The first-order valence-electron chi connectivity index (χ1n) is 11.5. The second kappa shape index (κ2) is 8.96. The number of nitrogens with zero attached hydrogens (tertiary/aromatic N) is 2. The minimum atomic E-state index is -0.747. The van der Waals surface area contributed by atoms with Gasteiger partial charge in [0.2, 0.25) is 5.78 Å². The number of para-hydroxylation sites is 2. The molecule has 2 N–H and O–H groups in total. The molecule has 0 aliphatic carbocycles. The van der Waals surface area contributed by atoms with Crippen LogP contribution in [0.4, 0.5) is 0 Å². The van der Waals surface area contributed by atoms with Crippen LogP contribution in [-0.2, 0) is 4.79 Å². The molecule has 180 valence electrons. The number of hydrogen-bond acceptors (Lipinski definition) is 6. The first-order valence-corrected chi connectivity index (χ1v) is 11.5. The highest BCUT2D eigenvalue weighted by Gasteiger charge is 2.45. The number of fused-ring (bicyclic) bond motifs is 2. The fourth-order valence-electron chi connectivity index (χ4n) is 4.76. The molecule has 0 radical (unpaired) electrons. The Bertz CT molecular complexity index is 1460. The Morgan fingerprint density at radius 3 is 2.77 bits per heavy atom. The number of aliphatic hydroxyl groups is 1. The van der Waals surface area contributed by atoms with E-state index in [0.717, 1.165) is 23.0 Å². The monoisotopic (exact) mass is 473 g/mol. The zero-order valence-electron chi connectivity index (χ0n) is 19.9. The van der Waals surface area contributed by atoms with Gasteiger partial charge in [0.25, 0.3) is 5.91 Å². The summed E-state index contributed by atoms with van der Waals surface area (Å²) >= 11 is 0. The van der Waals surface area contributed by atoms with Gasteiger partial charge in [0.05, 0.1) is 18.7 Å². The molecule has 2 aromatic heterocycles. The Morgan fingerprint density at radius 1 is 1.20 bits per heavy atom. The van der Waals surface area contributed by atoms with Crippen LogP contribution in [0.2, 0.25) is 0 Å². The maximum Gasteiger partial charge on any atom is 0.290 e. The van der Waals surface area contributed by atoms with Crippen LogP contribution in [0.1, 0.15) is 28.6 Å². The molecule has 0 saturated carbocycles. The summed E-state index contributed by atoms with van der Waals surface area (Å²) in [6.45, 7) is 1.15. The quantitative estimate of drug-likeness (QED) is 0.367. The first-order chi connectivity index (χ1) is 16.9. The van der Waals surface area contributed by atoms with Crippen LogP contribution in [0, 0.1) is 0 Å². The number of furan rings is 1. The van der Waals surface area contributed by atoms with Gasteiger partial charge >= 0.3 is 0 Å². The maximum atomic E-state index is 13.8. The zero-order valence-corrected chi connectivity index (χ0v) is 19.9. The van der Waals surface area contributed by atoms with Gasteiger partial charge in [0, 0.05) is 34.6 Å². The van der Waals surface area contributed by atoms with Gasteiger partial charge in [-0.2, -0.15) is 0 Å². The van der Waals surface area contributed by atoms with Crippen molar-refractivity contribution in [2.24, 2.45) is 0 Å². The number of carbonyl (C=O) groups excluding carboxylic acids is 2. The zero-order chi connectivity index (χ0) is 24.7. The summed E-state index contributed by atoms with van der Waals surface area (Å²) in [6, 6.07) is 13.9. The number of H-pyrrole nitrogens is 1. The average molecular weight is 474 g/mol. The third kappa shape index (κ3) is 3.85. The van der Waals surface area contributed by atoms with E-state index in [4.69, 9.17) is 9.15 Å². The Labute approximate surface area is 202 Å². The van der Waals surface area contributed by atoms with Gasteiger partial charge in [0.1, 0.15) is 0 Å². The number of aromatic nitrogens is 1. The predicted octanol–water partition coefficient (Wildman–Crippen LogP) is 4.45. The summed E-state index contributed by atoms with van der Waals surface area (Å²) in [5.74, 6) is -1.09. The fourth-order valence-corrected chi connectivity index (χ4v) is 4.76. The number of hydrogen-bond donors (Lipinski definition) is 2. The summed E-state index contributed by atoms with van der Waals surface area (Å²) in [6.07, 6.45) is 2.49. The van der Waals surface area contributed by atoms with Crippen LogP contribution in [0.25, 0.3) is 21.9 Å². The molecule has 1 aliphatic heterocycles. The van der Waals surface area contributed by atoms with Gasteiger partial charge in [0.15, 0.2) is 22.9 Å². The minimum absolute atomic E-state index is 0.0163. The van der Waals surface area contributed by atoms with E-state index in [-0.39, 0.29) is 11.3 Å². The highest BCUT2D eigenvalue weighted by atomic mass is 16.5. The van der Waals surface area contributed by atoms with Gasteiger partial charge < -0.3 is 29.0 Å². The van der Waals surface area contributed by atoms with Crippen molar-refractivity contribution in [3.63, 3.8) is 0 Å². The van der Waals surface area contributed by atoms with Crippen molar-refractivity contribution >= 4 is 33.6 Å². The first kappa shape index (κ1) is 22.7. The molecule has 0 bridgehead atoms. The van der Waals surface area contributed by atoms with E-state index in [1.807, 2.05) is 55.4 Å². The smallest absolute Gasteiger partial charge is 0.290 e. The highest BCUT2D eigenvalue weighted by Crippen LogP contribution is 2.42. The van der Waals surface area contributed by atoms with Crippen molar-refractivity contribution in [1.82, 2.24) is 14.8 Å². The number of aromatic amines is 1. The second-order valence-electron chi connectivity index (χ2n) is 8.93. The van der Waals surface area contributed by atoms with E-state index in [9.17, 15) is 14.7 Å². The lowest BCUT2D eigenvalue weighted by molar-refractivity contribution is -0.129. The van der Waals surface area contributed by atoms with E-state index >= 15 is 0 Å². The van der Waals surface area contributed by atoms with E-state index in [2.05, 4.69) is 4.98 Å². The molecule has 0 fully saturated rings. The number of benzene rings is 2. The standard InChI is InChI=1S/C27H27N3O5/c1-29(2)12-7-13-30-23(18-15-28-19-10-5-4-9-17(18)19)22(25(32)27(30)33)24(31)21-14-16-8-6-11-20(34-3)26(16)35-21/h4-6,8-11,14-15,23,28,32H,7,12-13H2,1-3H3. The number of rotatable bonds is 8. The second-order valence-corrected chi connectivity index (χ2v) is 8.93. The molecule has 0 saturated heterocycles. The highest BCUT2D eigenvalue weighted by molar-refractivity contribution is 6.16. The minimum Gasteiger partial charge on any atom is -0.503 e. The van der Waals surface area contributed by atoms with E-state index in [0.29, 0.717) is 29.7 Å². The molecule has 35 heavy (non-hydrogen) atoms. The van der Waals surface area contributed by atoms with Crippen molar-refractivity contribution in [1.29, 1.82) is 0 Å². The van der Waals surface area contributed by atoms with E-state index < -0.39 is 23.5 Å². The van der Waals surface area contributed by atoms with Crippen molar-refractivity contribution in [2.75, 3.05) is 34.3 Å². The third-order valence-electron chi connectivity index (χ3n) is 6.42. The van der Waals surface area contributed by atoms with Gasteiger partial charge in [-0.3, -0.25) is 9.59 Å². The fraction of sp³-hybridized carbons (Fsp3) is 0.259. The molecule has 8 heteroatoms. The average Bonchev–Trinajstić information content (AvgIpc) is 3.54. The SMILES string of the molecule is COc1cccc2cc(C(=O)C3=C(O)C(=O)N(CCCN(C)C)C3c3c[nH]c4ccccc34)oc12. The number of Topliss-reactive ketones (excluding diaryl/α,β-unsaturated/α-hetero) is 1. The summed E-state index contributed by atoms with van der Waals surface area (Å²) in [5.41, 5.74) is 2.09. The van der Waals surface area contributed by atoms with Crippen molar-refractivity contribution in [3.8, 4) is 5.75 Å². The van der Waals surface area contributed by atoms with Gasteiger partial charge in [-0.15, -0.1) is 0 Å². The predicted molar refractivity (Wildman–Crippen MR) is 133 cm³/mol. The molecular formula is C27H27N3O5. The van der Waals surface area contributed by atoms with Crippen LogP contribution in [-0.4, -0.2) is 65.9 Å². The maximum absolute atomic E-state index is 13.8. The molecule has 8 nitrogen and oxygen atoms in total. The van der Waals surface area contributed by atoms with Crippen molar-refractivity contribution < 1.29 is 23.8 Å². The molecular weight excluding hydrogens is 446 g/mol. The largest absolute Gasteiger partial charge is 0.503 e. The molecule has 1 amide bonds. The van der Waals surface area contributed by atoms with Crippen LogP contribution in [0.5, 0.6) is 5.75 Å². The van der Waals surface area contributed by atoms with Gasteiger partial charge in [-0.05, 0) is 45.3 Å². The van der Waals surface area contributed by atoms with Crippen molar-refractivity contribution in [2.45, 2.75) is 12.5 Å². The van der Waals surface area contributed by atoms with Crippen LogP contribution in [0.3, 0.4) is 0 Å². The Hall–Kier alpha value is -4.04. The Balaban J connectivity index is 1.61. The number of methoxy groups -OCH3 is 1. The van der Waals surface area contributed by atoms with E-state index in [1.165, 1.54) is 7.11 Å². The number of ether oxygens (including phenoxy) is 1. The van der Waals surface area contributed by atoms with E-state index in [1.54, 1.807) is 23.2 Å². The lowest BCUT2D eigenvalue weighted by atomic mass is 9.94. The van der Waals surface area contributed by atoms with Crippen LogP contribution in [0.15, 0.2) is 70.5 Å². The lowest BCUT2D eigenvalue weighted by Gasteiger charge is -2.26. The topological polar surface area (TPSA) is 99.0 Å². The number of nitrogens with one attached hydrogen (secondary N) is 1. The lowest BCUT2D eigenvalue weighted by Crippen LogP contribution is -2.33. The summed E-state index contributed by atoms with van der Waals surface area (Å²) in [4.78, 5) is 33.9. The van der Waals surface area contributed by atoms with Crippen LogP contribution < -0.4 is 4.74 Å². The molecule has 5 rings (SSSR count). The molecule has 1 unspecified atom stereocenters. The third-order valence-corrected chi connectivity index (χ3v) is 6.42. The number of amides is 1. The number of aliphatic hydroxyl groups excluding tert-OH is 1. The molecule has 1 atom stereocenters. The molecule has 3 heterocycles. The molecule has 1 aliphatic rings. The Kier molecular flexibility index (Phi) is 5.82. The molecule has 0 spiro atoms. The normalized spacial score (nSPS) is 16.3. The molecule has 4 aromatic rings. The molecule has 2 aromatic carbocycles. The van der Waals surface area contributed by atoms with Crippen LogP contribution >= 0.6 is 0 Å². The van der Waals surface area contributed by atoms with Gasteiger partial charge in [-0.1, -0.05) is 30.3 Å². The summed E-state index contributed by atoms with van der Waals surface area (Å²) in [7, 11) is 5.45. The summed E-state index contributed by atoms with van der Waals surface area (Å²) in [5, 5.41) is 12.5. The number of carbonyl (C=O) groups is 2.